The Labute approximate surface area is 113 Å². The van der Waals surface area contributed by atoms with Gasteiger partial charge in [0.2, 0.25) is 0 Å². The molecule has 1 fully saturated rings. The van der Waals surface area contributed by atoms with Crippen molar-refractivity contribution in [2.24, 2.45) is 11.8 Å². The molecule has 1 aliphatic rings. The first-order valence-electron chi connectivity index (χ1n) is 7.25. The summed E-state index contributed by atoms with van der Waals surface area (Å²) in [4.78, 5) is 4.13. The van der Waals surface area contributed by atoms with Crippen LogP contribution in [0.4, 0.5) is 0 Å². The van der Waals surface area contributed by atoms with Crippen LogP contribution in [0, 0.1) is 11.8 Å². The van der Waals surface area contributed by atoms with Crippen molar-refractivity contribution in [3.63, 3.8) is 0 Å². The molecular formula is C15H21N3O. The summed E-state index contributed by atoms with van der Waals surface area (Å²) < 4.78 is 1.78. The Balaban J connectivity index is 1.79. The summed E-state index contributed by atoms with van der Waals surface area (Å²) in [5.74, 6) is 1.23. The minimum absolute atomic E-state index is 0.371. The van der Waals surface area contributed by atoms with Gasteiger partial charge in [0.25, 0.3) is 0 Å². The fraction of sp³-hybridized carbons (Fsp3) is 0.600. The average Bonchev–Trinajstić information content (AvgIpc) is 2.90. The van der Waals surface area contributed by atoms with Gasteiger partial charge in [-0.05, 0) is 24.7 Å². The highest BCUT2D eigenvalue weighted by Crippen LogP contribution is 2.38. The number of hydrogen-bond acceptors (Lipinski definition) is 3. The van der Waals surface area contributed by atoms with E-state index in [1.807, 2.05) is 6.20 Å². The Bertz CT molecular complexity index is 543. The van der Waals surface area contributed by atoms with Gasteiger partial charge in [-0.25, -0.2) is 4.52 Å². The van der Waals surface area contributed by atoms with E-state index in [4.69, 9.17) is 0 Å². The summed E-state index contributed by atoms with van der Waals surface area (Å²) in [7, 11) is 0. The summed E-state index contributed by atoms with van der Waals surface area (Å²) in [6, 6.07) is 0. The van der Waals surface area contributed by atoms with Crippen LogP contribution in [-0.2, 0) is 0 Å². The molecule has 0 spiro atoms. The SMILES string of the molecule is CCC1CCC(C(O)c2cnn3ccncc23)CC1. The van der Waals surface area contributed by atoms with Crippen LogP contribution in [0.5, 0.6) is 0 Å². The first-order valence-corrected chi connectivity index (χ1v) is 7.25. The van der Waals surface area contributed by atoms with Gasteiger partial charge in [0.15, 0.2) is 0 Å². The fourth-order valence-electron chi connectivity index (χ4n) is 3.25. The minimum Gasteiger partial charge on any atom is -0.388 e. The second kappa shape index (κ2) is 5.29. The summed E-state index contributed by atoms with van der Waals surface area (Å²) >= 11 is 0. The Morgan fingerprint density at radius 3 is 2.84 bits per heavy atom. The summed E-state index contributed by atoms with van der Waals surface area (Å²) in [5, 5.41) is 14.9. The Morgan fingerprint density at radius 1 is 1.32 bits per heavy atom. The zero-order chi connectivity index (χ0) is 13.2. The third-order valence-electron chi connectivity index (χ3n) is 4.59. The topological polar surface area (TPSA) is 50.4 Å². The highest BCUT2D eigenvalue weighted by atomic mass is 16.3. The maximum atomic E-state index is 10.6. The molecular weight excluding hydrogens is 238 g/mol. The molecule has 3 rings (SSSR count). The minimum atomic E-state index is -0.403. The van der Waals surface area contributed by atoms with Crippen LogP contribution in [0.15, 0.2) is 24.8 Å². The number of aliphatic hydroxyl groups excluding tert-OH is 1. The third-order valence-corrected chi connectivity index (χ3v) is 4.59. The van der Waals surface area contributed by atoms with Gasteiger partial charge in [-0.15, -0.1) is 0 Å². The van der Waals surface area contributed by atoms with Crippen LogP contribution < -0.4 is 0 Å². The van der Waals surface area contributed by atoms with Crippen LogP contribution in [0.2, 0.25) is 0 Å². The van der Waals surface area contributed by atoms with E-state index in [0.717, 1.165) is 29.8 Å². The van der Waals surface area contributed by atoms with Gasteiger partial charge in [0.05, 0.1) is 24.0 Å². The zero-order valence-electron chi connectivity index (χ0n) is 11.4. The van der Waals surface area contributed by atoms with Gasteiger partial charge < -0.3 is 5.11 Å². The van der Waals surface area contributed by atoms with Crippen molar-refractivity contribution < 1.29 is 5.11 Å². The van der Waals surface area contributed by atoms with E-state index >= 15 is 0 Å². The number of aliphatic hydroxyl groups is 1. The fourth-order valence-corrected chi connectivity index (χ4v) is 3.25. The number of nitrogens with zero attached hydrogens (tertiary/aromatic N) is 3. The van der Waals surface area contributed by atoms with Gasteiger partial charge >= 0.3 is 0 Å². The van der Waals surface area contributed by atoms with Gasteiger partial charge in [-0.3, -0.25) is 4.98 Å². The molecule has 2 heterocycles. The second-order valence-electron chi connectivity index (χ2n) is 5.64. The number of aromatic nitrogens is 3. The highest BCUT2D eigenvalue weighted by Gasteiger charge is 2.28. The van der Waals surface area contributed by atoms with Crippen molar-refractivity contribution in [3.05, 3.63) is 30.4 Å². The lowest BCUT2D eigenvalue weighted by Gasteiger charge is -2.30. The molecule has 0 bridgehead atoms. The van der Waals surface area contributed by atoms with Crippen molar-refractivity contribution in [1.82, 2.24) is 14.6 Å². The molecule has 0 amide bonds. The highest BCUT2D eigenvalue weighted by molar-refractivity contribution is 5.52. The van der Waals surface area contributed by atoms with E-state index in [1.165, 1.54) is 19.3 Å². The molecule has 0 aromatic carbocycles. The zero-order valence-corrected chi connectivity index (χ0v) is 11.4. The van der Waals surface area contributed by atoms with Crippen LogP contribution in [0.1, 0.15) is 50.7 Å². The molecule has 4 nitrogen and oxygen atoms in total. The second-order valence-corrected chi connectivity index (χ2v) is 5.64. The van der Waals surface area contributed by atoms with Crippen molar-refractivity contribution >= 4 is 5.52 Å². The van der Waals surface area contributed by atoms with Crippen LogP contribution in [-0.4, -0.2) is 19.7 Å². The number of fused-ring (bicyclic) bond motifs is 1. The Hall–Kier alpha value is -1.42. The van der Waals surface area contributed by atoms with Gasteiger partial charge in [-0.2, -0.15) is 5.10 Å². The van der Waals surface area contributed by atoms with Gasteiger partial charge in [0.1, 0.15) is 0 Å². The Morgan fingerprint density at radius 2 is 2.11 bits per heavy atom. The molecule has 0 radical (unpaired) electrons. The molecule has 19 heavy (non-hydrogen) atoms. The van der Waals surface area contributed by atoms with E-state index in [-0.39, 0.29) is 0 Å². The van der Waals surface area contributed by atoms with E-state index in [9.17, 15) is 5.11 Å². The largest absolute Gasteiger partial charge is 0.388 e. The van der Waals surface area contributed by atoms with Crippen molar-refractivity contribution in [2.75, 3.05) is 0 Å². The number of rotatable bonds is 3. The van der Waals surface area contributed by atoms with E-state index in [2.05, 4.69) is 17.0 Å². The molecule has 1 N–H and O–H groups in total. The Kier molecular flexibility index (Phi) is 3.51. The molecule has 1 saturated carbocycles. The van der Waals surface area contributed by atoms with E-state index in [0.29, 0.717) is 5.92 Å². The standard InChI is InChI=1S/C15H21N3O/c1-2-11-3-5-12(6-4-11)15(19)13-9-17-18-8-7-16-10-14(13)18/h7-12,15,19H,2-6H2,1H3. The average molecular weight is 259 g/mol. The smallest absolute Gasteiger partial charge is 0.0903 e. The molecule has 102 valence electrons. The van der Waals surface area contributed by atoms with Crippen LogP contribution >= 0.6 is 0 Å². The predicted octanol–water partition coefficient (Wildman–Crippen LogP) is 2.98. The monoisotopic (exact) mass is 259 g/mol. The van der Waals surface area contributed by atoms with Crippen LogP contribution in [0.25, 0.3) is 5.52 Å². The lowest BCUT2D eigenvalue weighted by Crippen LogP contribution is -2.20. The predicted molar refractivity (Wildman–Crippen MR) is 73.7 cm³/mol. The molecule has 4 heteroatoms. The van der Waals surface area contributed by atoms with Crippen molar-refractivity contribution in [2.45, 2.75) is 45.1 Å². The normalized spacial score (nSPS) is 25.6. The summed E-state index contributed by atoms with van der Waals surface area (Å²) in [5.41, 5.74) is 1.85. The summed E-state index contributed by atoms with van der Waals surface area (Å²) in [6.07, 6.45) is 12.7. The first-order chi connectivity index (χ1) is 9.29. The van der Waals surface area contributed by atoms with Gasteiger partial charge in [0, 0.05) is 18.0 Å². The van der Waals surface area contributed by atoms with Crippen molar-refractivity contribution in [1.29, 1.82) is 0 Å². The maximum Gasteiger partial charge on any atom is 0.0903 e. The third kappa shape index (κ3) is 2.37. The quantitative estimate of drug-likeness (QED) is 0.922. The molecule has 1 unspecified atom stereocenters. The summed E-state index contributed by atoms with van der Waals surface area (Å²) in [6.45, 7) is 2.26. The van der Waals surface area contributed by atoms with Gasteiger partial charge in [-0.1, -0.05) is 26.2 Å². The molecule has 0 aliphatic heterocycles. The first kappa shape index (κ1) is 12.6. The molecule has 1 aliphatic carbocycles. The number of hydrogen-bond donors (Lipinski definition) is 1. The maximum absolute atomic E-state index is 10.6. The molecule has 2 aromatic rings. The van der Waals surface area contributed by atoms with Crippen molar-refractivity contribution in [3.8, 4) is 0 Å². The molecule has 0 saturated heterocycles. The molecule has 2 aromatic heterocycles. The van der Waals surface area contributed by atoms with E-state index in [1.54, 1.807) is 23.1 Å². The lowest BCUT2D eigenvalue weighted by atomic mass is 9.77. The lowest BCUT2D eigenvalue weighted by molar-refractivity contribution is 0.0740. The van der Waals surface area contributed by atoms with E-state index < -0.39 is 6.10 Å². The molecule has 1 atom stereocenters. The van der Waals surface area contributed by atoms with Crippen LogP contribution in [0.3, 0.4) is 0 Å².